The minimum atomic E-state index is 0.0228. The van der Waals surface area contributed by atoms with E-state index < -0.39 is 0 Å². The normalized spacial score (nSPS) is 10.8. The lowest BCUT2D eigenvalue weighted by Crippen LogP contribution is -2.33. The van der Waals surface area contributed by atoms with Crippen molar-refractivity contribution in [1.29, 1.82) is 0 Å². The van der Waals surface area contributed by atoms with Gasteiger partial charge in [-0.05, 0) is 12.1 Å². The molecule has 0 atom stereocenters. The molecular weight excluding hydrogens is 286 g/mol. The van der Waals surface area contributed by atoms with Gasteiger partial charge in [0.05, 0.1) is 24.3 Å². The first-order chi connectivity index (χ1) is 10.2. The lowest BCUT2D eigenvalue weighted by atomic mass is 10.1. The molecule has 0 bridgehead atoms. The minimum absolute atomic E-state index is 0.0228. The number of hydrogen-bond donors (Lipinski definition) is 2. The van der Waals surface area contributed by atoms with Gasteiger partial charge in [-0.2, -0.15) is 0 Å². The molecule has 1 aromatic heterocycles. The van der Waals surface area contributed by atoms with Crippen molar-refractivity contribution in [3.8, 4) is 0 Å². The van der Waals surface area contributed by atoms with Gasteiger partial charge in [-0.3, -0.25) is 0 Å². The van der Waals surface area contributed by atoms with E-state index in [2.05, 4.69) is 4.98 Å². The minimum Gasteiger partial charge on any atom is -0.395 e. The lowest BCUT2D eigenvalue weighted by molar-refractivity contribution is 0.202. The summed E-state index contributed by atoms with van der Waals surface area (Å²) in [6, 6.07) is 9.74. The molecule has 5 nitrogen and oxygen atoms in total. The Morgan fingerprint density at radius 2 is 2.14 bits per heavy atom. The molecule has 0 aliphatic rings. The Morgan fingerprint density at radius 1 is 1.38 bits per heavy atom. The van der Waals surface area contributed by atoms with Crippen LogP contribution >= 0.6 is 12.2 Å². The fourth-order valence-electron chi connectivity index (χ4n) is 2.17. The molecule has 0 unspecified atom stereocenters. The first-order valence-corrected chi connectivity index (χ1v) is 7.12. The SMILES string of the molecule is COCCN(CCO)c1nc2ccccc2cc1C(N)=S. The molecule has 0 radical (unpaired) electrons. The van der Waals surface area contributed by atoms with Crippen molar-refractivity contribution in [3.63, 3.8) is 0 Å². The van der Waals surface area contributed by atoms with Crippen LogP contribution in [0.3, 0.4) is 0 Å². The molecule has 1 aromatic carbocycles. The molecule has 0 saturated carbocycles. The van der Waals surface area contributed by atoms with Gasteiger partial charge in [0, 0.05) is 25.6 Å². The molecule has 0 amide bonds. The number of nitrogens with zero attached hydrogens (tertiary/aromatic N) is 2. The van der Waals surface area contributed by atoms with E-state index in [1.807, 2.05) is 35.2 Å². The Labute approximate surface area is 129 Å². The maximum absolute atomic E-state index is 9.27. The zero-order valence-corrected chi connectivity index (χ0v) is 12.8. The number of benzene rings is 1. The molecule has 0 saturated heterocycles. The molecule has 0 fully saturated rings. The van der Waals surface area contributed by atoms with E-state index in [1.54, 1.807) is 7.11 Å². The van der Waals surface area contributed by atoms with E-state index in [0.29, 0.717) is 36.1 Å². The fraction of sp³-hybridized carbons (Fsp3) is 0.333. The van der Waals surface area contributed by atoms with Crippen LogP contribution in [0.4, 0.5) is 5.82 Å². The molecule has 0 aliphatic carbocycles. The van der Waals surface area contributed by atoms with Gasteiger partial charge >= 0.3 is 0 Å². The van der Waals surface area contributed by atoms with Crippen molar-refractivity contribution in [2.45, 2.75) is 0 Å². The Bertz CT molecular complexity index is 633. The average Bonchev–Trinajstić information content (AvgIpc) is 2.50. The summed E-state index contributed by atoms with van der Waals surface area (Å²) in [7, 11) is 1.64. The first kappa shape index (κ1) is 15.6. The summed E-state index contributed by atoms with van der Waals surface area (Å²) >= 11 is 5.15. The number of thiocarbonyl (C=S) groups is 1. The third-order valence-corrected chi connectivity index (χ3v) is 3.42. The van der Waals surface area contributed by atoms with E-state index in [-0.39, 0.29) is 6.61 Å². The van der Waals surface area contributed by atoms with Crippen LogP contribution in [0.5, 0.6) is 0 Å². The number of methoxy groups -OCH3 is 1. The maximum Gasteiger partial charge on any atom is 0.139 e. The molecular formula is C15H19N3O2S. The molecule has 0 aliphatic heterocycles. The molecule has 3 N–H and O–H groups in total. The van der Waals surface area contributed by atoms with Crippen LogP contribution in [-0.2, 0) is 4.74 Å². The first-order valence-electron chi connectivity index (χ1n) is 6.71. The van der Waals surface area contributed by atoms with Crippen LogP contribution in [0.25, 0.3) is 10.9 Å². The van der Waals surface area contributed by atoms with Gasteiger partial charge in [0.15, 0.2) is 0 Å². The zero-order chi connectivity index (χ0) is 15.2. The van der Waals surface area contributed by atoms with E-state index in [4.69, 9.17) is 22.7 Å². The highest BCUT2D eigenvalue weighted by atomic mass is 32.1. The summed E-state index contributed by atoms with van der Waals surface area (Å²) in [6.07, 6.45) is 0. The number of nitrogens with two attached hydrogens (primary N) is 1. The highest BCUT2D eigenvalue weighted by molar-refractivity contribution is 7.80. The summed E-state index contributed by atoms with van der Waals surface area (Å²) < 4.78 is 5.11. The predicted octanol–water partition coefficient (Wildman–Crippen LogP) is 1.31. The Morgan fingerprint density at radius 3 is 2.81 bits per heavy atom. The highest BCUT2D eigenvalue weighted by Crippen LogP contribution is 2.23. The van der Waals surface area contributed by atoms with Gasteiger partial charge in [0.1, 0.15) is 10.8 Å². The topological polar surface area (TPSA) is 71.6 Å². The summed E-state index contributed by atoms with van der Waals surface area (Å²) in [6.45, 7) is 1.61. The Hall–Kier alpha value is -1.76. The average molecular weight is 305 g/mol. The van der Waals surface area contributed by atoms with Gasteiger partial charge in [-0.25, -0.2) is 4.98 Å². The summed E-state index contributed by atoms with van der Waals surface area (Å²) in [5.74, 6) is 0.687. The number of aliphatic hydroxyl groups is 1. The van der Waals surface area contributed by atoms with Crippen molar-refractivity contribution in [1.82, 2.24) is 4.98 Å². The van der Waals surface area contributed by atoms with Crippen molar-refractivity contribution in [2.75, 3.05) is 38.3 Å². The number of anilines is 1. The number of pyridine rings is 1. The van der Waals surface area contributed by atoms with Gasteiger partial charge in [0.2, 0.25) is 0 Å². The second-order valence-corrected chi connectivity index (χ2v) is 5.06. The molecule has 0 spiro atoms. The summed E-state index contributed by atoms with van der Waals surface area (Å²) in [4.78, 5) is 6.89. The predicted molar refractivity (Wildman–Crippen MR) is 88.8 cm³/mol. The number of para-hydroxylation sites is 1. The molecule has 6 heteroatoms. The zero-order valence-electron chi connectivity index (χ0n) is 12.0. The van der Waals surface area contributed by atoms with Crippen LogP contribution in [0.15, 0.2) is 30.3 Å². The van der Waals surface area contributed by atoms with Crippen LogP contribution in [0.2, 0.25) is 0 Å². The van der Waals surface area contributed by atoms with E-state index in [0.717, 1.165) is 10.9 Å². The molecule has 21 heavy (non-hydrogen) atoms. The molecule has 2 aromatic rings. The number of hydrogen-bond acceptors (Lipinski definition) is 5. The number of aliphatic hydroxyl groups excluding tert-OH is 1. The second-order valence-electron chi connectivity index (χ2n) is 4.62. The van der Waals surface area contributed by atoms with Gasteiger partial charge < -0.3 is 20.5 Å². The largest absolute Gasteiger partial charge is 0.395 e. The Kier molecular flexibility index (Phi) is 5.44. The van der Waals surface area contributed by atoms with Crippen molar-refractivity contribution in [2.24, 2.45) is 5.73 Å². The standard InChI is InChI=1S/C15H19N3O2S/c1-20-9-7-18(6-8-19)15-12(14(16)21)10-11-4-2-3-5-13(11)17-15/h2-5,10,19H,6-9H2,1H3,(H2,16,21). The second kappa shape index (κ2) is 7.31. The van der Waals surface area contributed by atoms with E-state index in [1.165, 1.54) is 0 Å². The molecule has 112 valence electrons. The number of fused-ring (bicyclic) bond motifs is 1. The third kappa shape index (κ3) is 3.66. The number of rotatable bonds is 7. The third-order valence-electron chi connectivity index (χ3n) is 3.20. The quantitative estimate of drug-likeness (QED) is 0.752. The molecule has 2 rings (SSSR count). The lowest BCUT2D eigenvalue weighted by Gasteiger charge is -2.25. The maximum atomic E-state index is 9.27. The summed E-state index contributed by atoms with van der Waals surface area (Å²) in [5.41, 5.74) is 7.42. The summed E-state index contributed by atoms with van der Waals surface area (Å²) in [5, 5.41) is 10.3. The van der Waals surface area contributed by atoms with E-state index in [9.17, 15) is 5.11 Å². The van der Waals surface area contributed by atoms with Crippen molar-refractivity contribution < 1.29 is 9.84 Å². The van der Waals surface area contributed by atoms with Crippen LogP contribution in [-0.4, -0.2) is 48.5 Å². The molecule has 1 heterocycles. The fourth-order valence-corrected chi connectivity index (χ4v) is 2.32. The number of aromatic nitrogens is 1. The highest BCUT2D eigenvalue weighted by Gasteiger charge is 2.15. The van der Waals surface area contributed by atoms with Crippen LogP contribution in [0.1, 0.15) is 5.56 Å². The Balaban J connectivity index is 2.51. The van der Waals surface area contributed by atoms with Crippen molar-refractivity contribution in [3.05, 3.63) is 35.9 Å². The van der Waals surface area contributed by atoms with Crippen LogP contribution < -0.4 is 10.6 Å². The van der Waals surface area contributed by atoms with Gasteiger partial charge in [-0.15, -0.1) is 0 Å². The smallest absolute Gasteiger partial charge is 0.139 e. The van der Waals surface area contributed by atoms with Crippen molar-refractivity contribution >= 4 is 33.9 Å². The van der Waals surface area contributed by atoms with Gasteiger partial charge in [-0.1, -0.05) is 30.4 Å². The number of ether oxygens (including phenoxy) is 1. The van der Waals surface area contributed by atoms with E-state index >= 15 is 0 Å². The van der Waals surface area contributed by atoms with Gasteiger partial charge in [0.25, 0.3) is 0 Å². The monoisotopic (exact) mass is 305 g/mol. The van der Waals surface area contributed by atoms with Crippen LogP contribution in [0, 0.1) is 0 Å².